The molecule has 0 aromatic carbocycles. The van der Waals surface area contributed by atoms with Crippen molar-refractivity contribution in [3.05, 3.63) is 24.0 Å². The van der Waals surface area contributed by atoms with E-state index in [1.54, 1.807) is 6.92 Å². The molecule has 18 heavy (non-hydrogen) atoms. The van der Waals surface area contributed by atoms with Gasteiger partial charge in [0, 0.05) is 6.20 Å². The minimum atomic E-state index is -1.10. The standard InChI is InChI=1S/C12H16N2O4/c1-3-7(2)9(12(17)18)14-11(16)10-8(15)5-4-6-13-10/h4-7,9,15H,3H2,1-2H3,(H,14,16)(H,17,18)/t7?,9-/m0/s1. The van der Waals surface area contributed by atoms with Crippen molar-refractivity contribution in [3.63, 3.8) is 0 Å². The van der Waals surface area contributed by atoms with Crippen molar-refractivity contribution in [3.8, 4) is 5.75 Å². The van der Waals surface area contributed by atoms with Crippen LogP contribution in [0.2, 0.25) is 0 Å². The summed E-state index contributed by atoms with van der Waals surface area (Å²) in [7, 11) is 0. The van der Waals surface area contributed by atoms with E-state index in [0.29, 0.717) is 6.42 Å². The third-order valence-corrected chi connectivity index (χ3v) is 2.77. The molecule has 0 saturated heterocycles. The lowest BCUT2D eigenvalue weighted by atomic mass is 9.99. The van der Waals surface area contributed by atoms with Gasteiger partial charge in [0.05, 0.1) is 0 Å². The van der Waals surface area contributed by atoms with Crippen LogP contribution in [-0.2, 0) is 4.79 Å². The van der Waals surface area contributed by atoms with Gasteiger partial charge in [0.25, 0.3) is 5.91 Å². The lowest BCUT2D eigenvalue weighted by molar-refractivity contribution is -0.140. The Bertz CT molecular complexity index is 447. The number of nitrogens with zero attached hydrogens (tertiary/aromatic N) is 1. The minimum absolute atomic E-state index is 0.174. The maximum absolute atomic E-state index is 11.8. The first kappa shape index (κ1) is 14.0. The molecular weight excluding hydrogens is 236 g/mol. The van der Waals surface area contributed by atoms with Crippen LogP contribution in [0.25, 0.3) is 0 Å². The van der Waals surface area contributed by atoms with Gasteiger partial charge < -0.3 is 15.5 Å². The number of hydrogen-bond donors (Lipinski definition) is 3. The van der Waals surface area contributed by atoms with Crippen molar-refractivity contribution in [1.82, 2.24) is 10.3 Å². The van der Waals surface area contributed by atoms with E-state index < -0.39 is 17.9 Å². The van der Waals surface area contributed by atoms with Crippen LogP contribution >= 0.6 is 0 Å². The van der Waals surface area contributed by atoms with E-state index in [-0.39, 0.29) is 17.4 Å². The molecule has 3 N–H and O–H groups in total. The molecule has 0 aliphatic carbocycles. The lowest BCUT2D eigenvalue weighted by Gasteiger charge is -2.19. The van der Waals surface area contributed by atoms with Gasteiger partial charge in [-0.1, -0.05) is 20.3 Å². The van der Waals surface area contributed by atoms with Gasteiger partial charge >= 0.3 is 5.97 Å². The van der Waals surface area contributed by atoms with Gasteiger partial charge in [0.2, 0.25) is 0 Å². The second kappa shape index (κ2) is 6.00. The Morgan fingerprint density at radius 1 is 1.50 bits per heavy atom. The van der Waals surface area contributed by atoms with Gasteiger partial charge in [0.15, 0.2) is 5.69 Å². The Kier molecular flexibility index (Phi) is 4.65. The number of carboxylic acid groups (broad SMARTS) is 1. The summed E-state index contributed by atoms with van der Waals surface area (Å²) in [6.45, 7) is 3.57. The molecule has 1 unspecified atom stereocenters. The normalized spacial score (nSPS) is 13.7. The molecule has 0 radical (unpaired) electrons. The number of carbonyl (C=O) groups is 2. The van der Waals surface area contributed by atoms with E-state index in [2.05, 4.69) is 10.3 Å². The van der Waals surface area contributed by atoms with Gasteiger partial charge in [-0.05, 0) is 18.1 Å². The van der Waals surface area contributed by atoms with E-state index >= 15 is 0 Å². The predicted molar refractivity (Wildman–Crippen MR) is 64.2 cm³/mol. The number of aliphatic carboxylic acids is 1. The highest BCUT2D eigenvalue weighted by Crippen LogP contribution is 2.14. The topological polar surface area (TPSA) is 99.5 Å². The summed E-state index contributed by atoms with van der Waals surface area (Å²) in [5.41, 5.74) is -0.174. The number of carboxylic acids is 1. The van der Waals surface area contributed by atoms with Crippen LogP contribution in [0.5, 0.6) is 5.75 Å². The number of nitrogens with one attached hydrogen (secondary N) is 1. The summed E-state index contributed by atoms with van der Waals surface area (Å²) in [5, 5.41) is 20.9. The molecule has 98 valence electrons. The third-order valence-electron chi connectivity index (χ3n) is 2.77. The Hall–Kier alpha value is -2.11. The molecule has 1 aromatic rings. The molecule has 0 bridgehead atoms. The zero-order valence-corrected chi connectivity index (χ0v) is 10.3. The smallest absolute Gasteiger partial charge is 0.326 e. The van der Waals surface area contributed by atoms with Crippen molar-refractivity contribution in [2.75, 3.05) is 0 Å². The monoisotopic (exact) mass is 252 g/mol. The Labute approximate surface area is 105 Å². The van der Waals surface area contributed by atoms with Crippen molar-refractivity contribution >= 4 is 11.9 Å². The number of carbonyl (C=O) groups excluding carboxylic acids is 1. The minimum Gasteiger partial charge on any atom is -0.505 e. The molecule has 1 aromatic heterocycles. The van der Waals surface area contributed by atoms with E-state index in [1.807, 2.05) is 6.92 Å². The number of rotatable bonds is 5. The van der Waals surface area contributed by atoms with Crippen LogP contribution < -0.4 is 5.32 Å². The first-order chi connectivity index (χ1) is 8.47. The fourth-order valence-corrected chi connectivity index (χ4v) is 1.46. The first-order valence-corrected chi connectivity index (χ1v) is 5.65. The molecule has 0 aliphatic heterocycles. The predicted octanol–water partition coefficient (Wildman–Crippen LogP) is 1.02. The van der Waals surface area contributed by atoms with Gasteiger partial charge in [-0.15, -0.1) is 0 Å². The second-order valence-electron chi connectivity index (χ2n) is 4.05. The van der Waals surface area contributed by atoms with Crippen LogP contribution in [-0.4, -0.2) is 33.1 Å². The van der Waals surface area contributed by atoms with E-state index in [9.17, 15) is 14.7 Å². The summed E-state index contributed by atoms with van der Waals surface area (Å²) in [4.78, 5) is 26.6. The highest BCUT2D eigenvalue weighted by atomic mass is 16.4. The fraction of sp³-hybridized carbons (Fsp3) is 0.417. The highest BCUT2D eigenvalue weighted by Gasteiger charge is 2.26. The Morgan fingerprint density at radius 3 is 2.67 bits per heavy atom. The summed E-state index contributed by atoms with van der Waals surface area (Å²) < 4.78 is 0. The number of aromatic nitrogens is 1. The SMILES string of the molecule is CCC(C)[C@H](NC(=O)c1ncccc1O)C(=O)O. The number of aromatic hydroxyl groups is 1. The zero-order valence-electron chi connectivity index (χ0n) is 10.3. The van der Waals surface area contributed by atoms with Crippen molar-refractivity contribution in [2.45, 2.75) is 26.3 Å². The van der Waals surface area contributed by atoms with E-state index in [1.165, 1.54) is 18.3 Å². The summed E-state index contributed by atoms with van der Waals surface area (Å²) in [5.74, 6) is -2.28. The van der Waals surface area contributed by atoms with E-state index in [4.69, 9.17) is 5.11 Å². The molecule has 0 spiro atoms. The van der Waals surface area contributed by atoms with Crippen LogP contribution in [0.15, 0.2) is 18.3 Å². The molecule has 6 heteroatoms. The van der Waals surface area contributed by atoms with Gasteiger partial charge in [-0.3, -0.25) is 4.79 Å². The molecule has 0 aliphatic rings. The number of pyridine rings is 1. The van der Waals surface area contributed by atoms with Crippen molar-refractivity contribution in [1.29, 1.82) is 0 Å². The second-order valence-corrected chi connectivity index (χ2v) is 4.05. The molecule has 1 rings (SSSR count). The fourth-order valence-electron chi connectivity index (χ4n) is 1.46. The van der Waals surface area contributed by atoms with Crippen LogP contribution in [0, 0.1) is 5.92 Å². The molecular formula is C12H16N2O4. The number of amides is 1. The average Bonchev–Trinajstić information content (AvgIpc) is 2.35. The van der Waals surface area contributed by atoms with E-state index in [0.717, 1.165) is 0 Å². The maximum atomic E-state index is 11.8. The van der Waals surface area contributed by atoms with Gasteiger partial charge in [-0.25, -0.2) is 9.78 Å². The molecule has 0 fully saturated rings. The Balaban J connectivity index is 2.86. The largest absolute Gasteiger partial charge is 0.505 e. The van der Waals surface area contributed by atoms with Gasteiger partial charge in [-0.2, -0.15) is 0 Å². The molecule has 1 amide bonds. The Morgan fingerprint density at radius 2 is 2.17 bits per heavy atom. The average molecular weight is 252 g/mol. The molecule has 6 nitrogen and oxygen atoms in total. The van der Waals surface area contributed by atoms with Crippen LogP contribution in [0.4, 0.5) is 0 Å². The van der Waals surface area contributed by atoms with Gasteiger partial charge in [0.1, 0.15) is 11.8 Å². The van der Waals surface area contributed by atoms with Crippen molar-refractivity contribution in [2.24, 2.45) is 5.92 Å². The molecule has 2 atom stereocenters. The summed E-state index contributed by atoms with van der Waals surface area (Å²) >= 11 is 0. The quantitative estimate of drug-likeness (QED) is 0.726. The third kappa shape index (κ3) is 3.19. The van der Waals surface area contributed by atoms with Crippen LogP contribution in [0.3, 0.4) is 0 Å². The maximum Gasteiger partial charge on any atom is 0.326 e. The summed E-state index contributed by atoms with van der Waals surface area (Å²) in [6, 6.07) is 1.81. The zero-order chi connectivity index (χ0) is 13.7. The lowest BCUT2D eigenvalue weighted by Crippen LogP contribution is -2.45. The van der Waals surface area contributed by atoms with Crippen LogP contribution in [0.1, 0.15) is 30.8 Å². The first-order valence-electron chi connectivity index (χ1n) is 5.65. The highest BCUT2D eigenvalue weighted by molar-refractivity contribution is 5.97. The van der Waals surface area contributed by atoms with Crippen molar-refractivity contribution < 1.29 is 19.8 Å². The molecule has 0 saturated carbocycles. The molecule has 1 heterocycles. The summed E-state index contributed by atoms with van der Waals surface area (Å²) in [6.07, 6.45) is 1.97. The number of hydrogen-bond acceptors (Lipinski definition) is 4.